The molecule has 11 rings (SSSR count). The van der Waals surface area contributed by atoms with Gasteiger partial charge in [-0.15, -0.1) is 0 Å². The predicted octanol–water partition coefficient (Wildman–Crippen LogP) is 13.6. The molecule has 0 unspecified atom stereocenters. The lowest BCUT2D eigenvalue weighted by Gasteiger charge is -2.17. The van der Waals surface area contributed by atoms with Gasteiger partial charge in [-0.1, -0.05) is 133 Å². The Balaban J connectivity index is 1.23. The first-order chi connectivity index (χ1) is 23.8. The molecule has 0 amide bonds. The second-order valence-electron chi connectivity index (χ2n) is 13.2. The molecule has 1 aliphatic rings. The average molecular weight is 605 g/mol. The van der Waals surface area contributed by atoms with Crippen molar-refractivity contribution in [2.75, 3.05) is 0 Å². The Morgan fingerprint density at radius 1 is 0.229 bits per heavy atom. The van der Waals surface area contributed by atoms with Crippen molar-refractivity contribution in [1.82, 2.24) is 0 Å². The molecule has 0 bridgehead atoms. The first kappa shape index (κ1) is 25.9. The number of rotatable bonds is 2. The van der Waals surface area contributed by atoms with E-state index in [-0.39, 0.29) is 0 Å². The molecule has 0 aromatic heterocycles. The molecule has 0 atom stereocenters. The zero-order valence-electron chi connectivity index (χ0n) is 26.2. The normalized spacial score (nSPS) is 12.2. The summed E-state index contributed by atoms with van der Waals surface area (Å²) in [7, 11) is 0. The van der Waals surface area contributed by atoms with Crippen molar-refractivity contribution in [1.29, 1.82) is 0 Å². The lowest BCUT2D eigenvalue weighted by Crippen LogP contribution is -1.90. The van der Waals surface area contributed by atoms with Crippen molar-refractivity contribution < 1.29 is 0 Å². The Morgan fingerprint density at radius 2 is 0.833 bits per heavy atom. The van der Waals surface area contributed by atoms with Crippen LogP contribution in [0.2, 0.25) is 0 Å². The topological polar surface area (TPSA) is 0 Å². The lowest BCUT2D eigenvalue weighted by atomic mass is 9.85. The highest BCUT2D eigenvalue weighted by atomic mass is 14.3. The van der Waals surface area contributed by atoms with Crippen molar-refractivity contribution in [2.24, 2.45) is 0 Å². The van der Waals surface area contributed by atoms with Gasteiger partial charge < -0.3 is 0 Å². The van der Waals surface area contributed by atoms with E-state index >= 15 is 0 Å². The summed E-state index contributed by atoms with van der Waals surface area (Å²) in [5.74, 6) is 0. The number of hydrogen-bond donors (Lipinski definition) is 0. The molecule has 220 valence electrons. The minimum absolute atomic E-state index is 1.25. The second-order valence-corrected chi connectivity index (χ2v) is 13.2. The van der Waals surface area contributed by atoms with E-state index in [4.69, 9.17) is 0 Å². The highest BCUT2D eigenvalue weighted by Gasteiger charge is 2.25. The maximum atomic E-state index is 2.49. The van der Waals surface area contributed by atoms with Crippen LogP contribution in [0.5, 0.6) is 0 Å². The molecule has 48 heavy (non-hydrogen) atoms. The number of fused-ring (bicyclic) bond motifs is 10. The monoisotopic (exact) mass is 604 g/mol. The Bertz CT molecular complexity index is 2930. The minimum atomic E-state index is 1.25. The molecule has 0 N–H and O–H groups in total. The molecule has 0 saturated heterocycles. The Kier molecular flexibility index (Phi) is 5.20. The smallest absolute Gasteiger partial charge is 0.00199 e. The summed E-state index contributed by atoms with van der Waals surface area (Å²) in [4.78, 5) is 0. The van der Waals surface area contributed by atoms with E-state index in [0.29, 0.717) is 0 Å². The molecule has 10 aromatic carbocycles. The maximum Gasteiger partial charge on any atom is -0.00199 e. The van der Waals surface area contributed by atoms with Crippen LogP contribution < -0.4 is 0 Å². The third-order valence-corrected chi connectivity index (χ3v) is 10.7. The van der Waals surface area contributed by atoms with Crippen LogP contribution in [0, 0.1) is 0 Å². The van der Waals surface area contributed by atoms with Gasteiger partial charge in [0, 0.05) is 0 Å². The van der Waals surface area contributed by atoms with E-state index in [1.165, 1.54) is 109 Å². The number of hydrogen-bond acceptors (Lipinski definition) is 0. The van der Waals surface area contributed by atoms with Crippen LogP contribution >= 0.6 is 0 Å². The molecule has 10 aromatic rings. The fraction of sp³-hybridized carbons (Fsp3) is 0. The third kappa shape index (κ3) is 3.55. The Morgan fingerprint density at radius 3 is 1.62 bits per heavy atom. The molecule has 0 heteroatoms. The molecular weight excluding hydrogens is 577 g/mol. The van der Waals surface area contributed by atoms with Crippen molar-refractivity contribution in [3.05, 3.63) is 170 Å². The lowest BCUT2D eigenvalue weighted by molar-refractivity contribution is 1.64. The van der Waals surface area contributed by atoms with Gasteiger partial charge >= 0.3 is 0 Å². The molecule has 0 spiro atoms. The van der Waals surface area contributed by atoms with Crippen molar-refractivity contribution >= 4 is 64.6 Å². The Hall–Kier alpha value is -6.24. The summed E-state index contributed by atoms with van der Waals surface area (Å²) < 4.78 is 0. The molecule has 0 aliphatic heterocycles. The molecule has 0 radical (unpaired) electrons. The van der Waals surface area contributed by atoms with Gasteiger partial charge in [0.2, 0.25) is 0 Å². The highest BCUT2D eigenvalue weighted by Crippen LogP contribution is 2.52. The summed E-state index contributed by atoms with van der Waals surface area (Å²) in [6, 6.07) is 63.3. The van der Waals surface area contributed by atoms with Crippen LogP contribution in [-0.4, -0.2) is 0 Å². The van der Waals surface area contributed by atoms with E-state index < -0.39 is 0 Å². The van der Waals surface area contributed by atoms with Crippen LogP contribution in [0.15, 0.2) is 170 Å². The fourth-order valence-electron chi connectivity index (χ4n) is 8.56. The van der Waals surface area contributed by atoms with Crippen molar-refractivity contribution in [3.8, 4) is 44.5 Å². The van der Waals surface area contributed by atoms with Crippen LogP contribution in [0.4, 0.5) is 0 Å². The highest BCUT2D eigenvalue weighted by molar-refractivity contribution is 6.30. The summed E-state index contributed by atoms with van der Waals surface area (Å²) >= 11 is 0. The first-order valence-electron chi connectivity index (χ1n) is 16.8. The van der Waals surface area contributed by atoms with E-state index in [2.05, 4.69) is 170 Å². The van der Waals surface area contributed by atoms with E-state index in [0.717, 1.165) is 0 Å². The quantitative estimate of drug-likeness (QED) is 0.136. The van der Waals surface area contributed by atoms with Gasteiger partial charge in [0.25, 0.3) is 0 Å². The summed E-state index contributed by atoms with van der Waals surface area (Å²) in [5, 5.41) is 15.6. The second kappa shape index (κ2) is 9.64. The average Bonchev–Trinajstić information content (AvgIpc) is 3.46. The van der Waals surface area contributed by atoms with Gasteiger partial charge in [-0.25, -0.2) is 0 Å². The van der Waals surface area contributed by atoms with Crippen LogP contribution in [-0.2, 0) is 0 Å². The SMILES string of the molecule is c1ccc(-c2ccc3cc4c(cc3c2)-c2cccc3c2c-4cc2c4ccccc4c(-c4c5ccccc5cc5ccccc45)cc32)cc1. The Labute approximate surface area is 278 Å². The van der Waals surface area contributed by atoms with E-state index in [1.807, 2.05) is 0 Å². The largest absolute Gasteiger partial charge is 0.0622 e. The summed E-state index contributed by atoms with van der Waals surface area (Å²) in [6.45, 7) is 0. The van der Waals surface area contributed by atoms with E-state index in [1.54, 1.807) is 0 Å². The van der Waals surface area contributed by atoms with Gasteiger partial charge in [-0.2, -0.15) is 0 Å². The van der Waals surface area contributed by atoms with Crippen molar-refractivity contribution in [2.45, 2.75) is 0 Å². The van der Waals surface area contributed by atoms with Gasteiger partial charge in [-0.3, -0.25) is 0 Å². The van der Waals surface area contributed by atoms with Crippen LogP contribution in [0.25, 0.3) is 109 Å². The zero-order chi connectivity index (χ0) is 31.3. The molecular formula is C48H28. The minimum Gasteiger partial charge on any atom is -0.0622 e. The summed E-state index contributed by atoms with van der Waals surface area (Å²) in [6.07, 6.45) is 0. The van der Waals surface area contributed by atoms with Crippen LogP contribution in [0.1, 0.15) is 0 Å². The standard InChI is InChI=1S/C48H28/c1-2-11-29(12-3-1)30-21-22-31-25-42-41(26-34(31)23-30)39-19-10-20-40-44-28-45(38-18-9-8-17-37(38)43(44)27-46(42)48(39)40)47-35-15-6-4-13-32(35)24-33-14-5-7-16-36(33)47/h1-28H. The molecule has 0 fully saturated rings. The van der Waals surface area contributed by atoms with E-state index in [9.17, 15) is 0 Å². The molecule has 0 heterocycles. The molecule has 1 aliphatic carbocycles. The molecule has 0 saturated carbocycles. The first-order valence-corrected chi connectivity index (χ1v) is 16.8. The zero-order valence-corrected chi connectivity index (χ0v) is 26.2. The molecule has 0 nitrogen and oxygen atoms in total. The van der Waals surface area contributed by atoms with Gasteiger partial charge in [-0.05, 0) is 146 Å². The third-order valence-electron chi connectivity index (χ3n) is 10.7. The maximum absolute atomic E-state index is 2.49. The number of benzene rings is 10. The van der Waals surface area contributed by atoms with Crippen LogP contribution in [0.3, 0.4) is 0 Å². The fourth-order valence-corrected chi connectivity index (χ4v) is 8.56. The predicted molar refractivity (Wildman–Crippen MR) is 207 cm³/mol. The van der Waals surface area contributed by atoms with Gasteiger partial charge in [0.05, 0.1) is 0 Å². The van der Waals surface area contributed by atoms with Crippen molar-refractivity contribution in [3.63, 3.8) is 0 Å². The van der Waals surface area contributed by atoms with Gasteiger partial charge in [0.15, 0.2) is 0 Å². The summed E-state index contributed by atoms with van der Waals surface area (Å²) in [5.41, 5.74) is 10.4. The van der Waals surface area contributed by atoms with Gasteiger partial charge in [0.1, 0.15) is 0 Å².